The fraction of sp³-hybridized carbons (Fsp3) is 0.600. The molecule has 0 spiro atoms. The summed E-state index contributed by atoms with van der Waals surface area (Å²) in [6.07, 6.45) is 3.14. The maximum absolute atomic E-state index is 5.69. The topological polar surface area (TPSA) is 148 Å². The van der Waals surface area contributed by atoms with Crippen LogP contribution >= 0.6 is 0 Å². The highest BCUT2D eigenvalue weighted by Crippen LogP contribution is 2.29. The van der Waals surface area contributed by atoms with Crippen LogP contribution in [0, 0.1) is 0 Å². The summed E-state index contributed by atoms with van der Waals surface area (Å²) in [6, 6.07) is 0. The van der Waals surface area contributed by atoms with Gasteiger partial charge in [0.25, 0.3) is 0 Å². The molecule has 2 aromatic heterocycles. The zero-order valence-electron chi connectivity index (χ0n) is 10.6. The first-order valence-corrected chi connectivity index (χ1v) is 6.23. The minimum absolute atomic E-state index is 0.108. The molecule has 2 unspecified atom stereocenters. The van der Waals surface area contributed by atoms with Gasteiger partial charge in [-0.25, -0.2) is 9.26 Å². The Balaban J connectivity index is 1.71. The molecule has 0 aromatic carbocycles. The van der Waals surface area contributed by atoms with Crippen LogP contribution in [0.15, 0.2) is 9.26 Å². The van der Waals surface area contributed by atoms with E-state index >= 15 is 0 Å². The van der Waals surface area contributed by atoms with Crippen LogP contribution in [0.4, 0.5) is 11.6 Å². The zero-order chi connectivity index (χ0) is 13.9. The van der Waals surface area contributed by atoms with Gasteiger partial charge in [-0.1, -0.05) is 0 Å². The minimum atomic E-state index is -0.242. The summed E-state index contributed by atoms with van der Waals surface area (Å²) >= 11 is 0. The van der Waals surface area contributed by atoms with Crippen molar-refractivity contribution in [3.8, 4) is 11.8 Å². The molecule has 2 atom stereocenters. The van der Waals surface area contributed by atoms with Gasteiger partial charge in [-0.05, 0) is 46.3 Å². The Morgan fingerprint density at radius 2 is 1.25 bits per heavy atom. The number of nitrogens with two attached hydrogens (primary N) is 2. The Bertz CT molecular complexity index is 519. The van der Waals surface area contributed by atoms with Crippen LogP contribution in [-0.2, 0) is 0 Å². The molecule has 1 aliphatic carbocycles. The lowest BCUT2D eigenvalue weighted by Crippen LogP contribution is -2.39. The van der Waals surface area contributed by atoms with Crippen molar-refractivity contribution in [3.63, 3.8) is 0 Å². The molecule has 3 rings (SSSR count). The second-order valence-electron chi connectivity index (χ2n) is 4.51. The summed E-state index contributed by atoms with van der Waals surface area (Å²) in [4.78, 5) is 0. The Labute approximate surface area is 113 Å². The predicted octanol–water partition coefficient (Wildman–Crippen LogP) is 0.386. The zero-order valence-corrected chi connectivity index (χ0v) is 10.6. The molecule has 1 saturated carbocycles. The van der Waals surface area contributed by atoms with Crippen LogP contribution in [0.3, 0.4) is 0 Å². The molecule has 0 saturated heterocycles. The lowest BCUT2D eigenvalue weighted by Gasteiger charge is -2.30. The minimum Gasteiger partial charge on any atom is -0.466 e. The fourth-order valence-electron chi connectivity index (χ4n) is 2.16. The van der Waals surface area contributed by atoms with Gasteiger partial charge in [0, 0.05) is 0 Å². The SMILES string of the molecule is Nc1nonc1OC1CCCCC1Oc1nonc1N. The number of hydrogen-bond donors (Lipinski definition) is 2. The van der Waals surface area contributed by atoms with Gasteiger partial charge in [-0.15, -0.1) is 0 Å². The predicted molar refractivity (Wildman–Crippen MR) is 64.7 cm³/mol. The summed E-state index contributed by atoms with van der Waals surface area (Å²) in [6.45, 7) is 0. The average molecular weight is 282 g/mol. The van der Waals surface area contributed by atoms with Crippen molar-refractivity contribution in [2.24, 2.45) is 0 Å². The van der Waals surface area contributed by atoms with Gasteiger partial charge in [-0.3, -0.25) is 0 Å². The van der Waals surface area contributed by atoms with Crippen LogP contribution in [0.1, 0.15) is 25.7 Å². The molecule has 0 radical (unpaired) electrons. The summed E-state index contributed by atoms with van der Waals surface area (Å²) in [5.74, 6) is 0.544. The van der Waals surface area contributed by atoms with Gasteiger partial charge in [-0.2, -0.15) is 0 Å². The second kappa shape index (κ2) is 5.23. The number of aromatic nitrogens is 4. The Morgan fingerprint density at radius 3 is 1.60 bits per heavy atom. The number of anilines is 2. The van der Waals surface area contributed by atoms with Gasteiger partial charge in [0.05, 0.1) is 0 Å². The highest BCUT2D eigenvalue weighted by Gasteiger charge is 2.31. The van der Waals surface area contributed by atoms with E-state index in [1.807, 2.05) is 0 Å². The molecule has 2 heterocycles. The quantitative estimate of drug-likeness (QED) is 0.805. The molecule has 0 bridgehead atoms. The molecule has 20 heavy (non-hydrogen) atoms. The molecule has 1 fully saturated rings. The molecule has 0 amide bonds. The first kappa shape index (κ1) is 12.5. The van der Waals surface area contributed by atoms with Gasteiger partial charge >= 0.3 is 11.8 Å². The number of nitrogens with zero attached hydrogens (tertiary/aromatic N) is 4. The number of rotatable bonds is 4. The summed E-state index contributed by atoms with van der Waals surface area (Å²) in [5.41, 5.74) is 11.1. The molecule has 10 nitrogen and oxygen atoms in total. The van der Waals surface area contributed by atoms with Gasteiger partial charge in [0.15, 0.2) is 0 Å². The van der Waals surface area contributed by atoms with E-state index in [0.717, 1.165) is 25.7 Å². The maximum Gasteiger partial charge on any atom is 0.300 e. The molecule has 1 aliphatic rings. The summed E-state index contributed by atoms with van der Waals surface area (Å²) in [5, 5.41) is 14.1. The molecule has 10 heteroatoms. The van der Waals surface area contributed by atoms with Gasteiger partial charge < -0.3 is 20.9 Å². The third kappa shape index (κ3) is 2.44. The van der Waals surface area contributed by atoms with Crippen LogP contribution in [-0.4, -0.2) is 32.8 Å². The number of hydrogen-bond acceptors (Lipinski definition) is 10. The first-order valence-electron chi connectivity index (χ1n) is 6.23. The highest BCUT2D eigenvalue weighted by atomic mass is 16.6. The smallest absolute Gasteiger partial charge is 0.300 e. The second-order valence-corrected chi connectivity index (χ2v) is 4.51. The van der Waals surface area contributed by atoms with E-state index in [9.17, 15) is 0 Å². The van der Waals surface area contributed by atoms with Crippen LogP contribution < -0.4 is 20.9 Å². The number of ether oxygens (including phenoxy) is 2. The van der Waals surface area contributed by atoms with E-state index in [4.69, 9.17) is 20.9 Å². The van der Waals surface area contributed by atoms with E-state index in [2.05, 4.69) is 29.9 Å². The standard InChI is InChI=1S/C10H14N6O4/c11-7-9(15-19-13-7)17-5-3-1-2-4-6(5)18-10-8(12)14-20-16-10/h5-6H,1-4H2,(H2,11,13)(H2,12,14). The van der Waals surface area contributed by atoms with Crippen molar-refractivity contribution >= 4 is 11.6 Å². The summed E-state index contributed by atoms with van der Waals surface area (Å²) in [7, 11) is 0. The monoisotopic (exact) mass is 282 g/mol. The van der Waals surface area contributed by atoms with Crippen molar-refractivity contribution in [1.29, 1.82) is 0 Å². The largest absolute Gasteiger partial charge is 0.466 e. The molecule has 4 N–H and O–H groups in total. The Hall–Kier alpha value is -2.52. The van der Waals surface area contributed by atoms with E-state index < -0.39 is 0 Å². The van der Waals surface area contributed by atoms with Crippen LogP contribution in [0.25, 0.3) is 0 Å². The van der Waals surface area contributed by atoms with Crippen LogP contribution in [0.5, 0.6) is 11.8 Å². The maximum atomic E-state index is 5.69. The van der Waals surface area contributed by atoms with E-state index in [0.29, 0.717) is 0 Å². The third-order valence-electron chi connectivity index (χ3n) is 3.13. The normalized spacial score (nSPS) is 22.6. The molecule has 2 aromatic rings. The van der Waals surface area contributed by atoms with Crippen molar-refractivity contribution in [3.05, 3.63) is 0 Å². The van der Waals surface area contributed by atoms with E-state index in [1.165, 1.54) is 0 Å². The summed E-state index contributed by atoms with van der Waals surface area (Å²) < 4.78 is 20.4. The Kier molecular flexibility index (Phi) is 3.27. The van der Waals surface area contributed by atoms with E-state index in [-0.39, 0.29) is 35.6 Å². The number of nitrogen functional groups attached to an aromatic ring is 2. The van der Waals surface area contributed by atoms with Gasteiger partial charge in [0.1, 0.15) is 12.2 Å². The van der Waals surface area contributed by atoms with Crippen molar-refractivity contribution in [1.82, 2.24) is 20.6 Å². The third-order valence-corrected chi connectivity index (χ3v) is 3.13. The van der Waals surface area contributed by atoms with E-state index in [1.54, 1.807) is 0 Å². The van der Waals surface area contributed by atoms with Gasteiger partial charge in [0.2, 0.25) is 11.6 Å². The molecular formula is C10H14N6O4. The highest BCUT2D eigenvalue weighted by molar-refractivity contribution is 5.38. The molecule has 108 valence electrons. The molecular weight excluding hydrogens is 268 g/mol. The fourth-order valence-corrected chi connectivity index (χ4v) is 2.16. The van der Waals surface area contributed by atoms with Crippen LogP contribution in [0.2, 0.25) is 0 Å². The molecule has 0 aliphatic heterocycles. The first-order chi connectivity index (χ1) is 9.74. The lowest BCUT2D eigenvalue weighted by atomic mass is 9.94. The Morgan fingerprint density at radius 1 is 0.800 bits per heavy atom. The average Bonchev–Trinajstić information content (AvgIpc) is 3.02. The lowest BCUT2D eigenvalue weighted by molar-refractivity contribution is 0.0149. The van der Waals surface area contributed by atoms with Crippen molar-refractivity contribution in [2.45, 2.75) is 37.9 Å². The van der Waals surface area contributed by atoms with Crippen molar-refractivity contribution in [2.75, 3.05) is 11.5 Å². The van der Waals surface area contributed by atoms with Crippen molar-refractivity contribution < 1.29 is 18.7 Å².